The molecule has 12 heteroatoms. The summed E-state index contributed by atoms with van der Waals surface area (Å²) < 4.78 is 4.94. The number of nitro benzene ring substituents is 1. The quantitative estimate of drug-likeness (QED) is 0.256. The molecule has 0 radical (unpaired) electrons. The predicted molar refractivity (Wildman–Crippen MR) is 105 cm³/mol. The molecule has 2 bridgehead atoms. The Bertz CT molecular complexity index is 944. The first-order chi connectivity index (χ1) is 15.2. The fourth-order valence-electron chi connectivity index (χ4n) is 3.28. The van der Waals surface area contributed by atoms with Crippen LogP contribution in [0.2, 0.25) is 0 Å². The van der Waals surface area contributed by atoms with Gasteiger partial charge in [0, 0.05) is 31.5 Å². The Hall–Kier alpha value is -3.80. The molecular weight excluding hydrogens is 426 g/mol. The number of imide groups is 1. The number of benzene rings is 1. The standard InChI is InChI=1S/C20H21N3O9/c24-16(19(27)32-22-17(25)10-13-1-4-14(9-13)18(22)26)7-8-21-20(28)31-11-12-2-5-15(6-3-12)23(29)30/h1-6,13-14,16,24H,7-11H2,(H,21,28)/t13-,14-,16+/m1/s1. The number of carbonyl (C=O) groups excluding carboxylic acids is 4. The molecule has 1 aliphatic heterocycles. The summed E-state index contributed by atoms with van der Waals surface area (Å²) in [6.45, 7) is -0.283. The first kappa shape index (κ1) is 22.9. The number of carbonyl (C=O) groups is 4. The lowest BCUT2D eigenvalue weighted by Gasteiger charge is -2.21. The lowest BCUT2D eigenvalue weighted by atomic mass is 10.0. The van der Waals surface area contributed by atoms with Gasteiger partial charge in [-0.3, -0.25) is 19.7 Å². The molecule has 3 atom stereocenters. The van der Waals surface area contributed by atoms with Gasteiger partial charge in [0.15, 0.2) is 6.10 Å². The first-order valence-electron chi connectivity index (χ1n) is 9.83. The van der Waals surface area contributed by atoms with Crippen LogP contribution in [0, 0.1) is 22.0 Å². The van der Waals surface area contributed by atoms with Crippen molar-refractivity contribution in [3.63, 3.8) is 0 Å². The number of allylic oxidation sites excluding steroid dienone is 1. The summed E-state index contributed by atoms with van der Waals surface area (Å²) in [7, 11) is 0. The Kier molecular flexibility index (Phi) is 7.15. The molecule has 12 nitrogen and oxygen atoms in total. The zero-order valence-corrected chi connectivity index (χ0v) is 16.8. The van der Waals surface area contributed by atoms with E-state index in [1.807, 2.05) is 0 Å². The van der Waals surface area contributed by atoms with Crippen LogP contribution in [0.1, 0.15) is 24.8 Å². The molecule has 3 rings (SSSR count). The molecule has 0 spiro atoms. The topological polar surface area (TPSA) is 165 Å². The second-order valence-corrected chi connectivity index (χ2v) is 7.36. The van der Waals surface area contributed by atoms with Crippen molar-refractivity contribution in [3.8, 4) is 0 Å². The Morgan fingerprint density at radius 1 is 1.25 bits per heavy atom. The highest BCUT2D eigenvalue weighted by molar-refractivity contribution is 5.98. The molecule has 1 heterocycles. The Morgan fingerprint density at radius 3 is 2.66 bits per heavy atom. The maximum Gasteiger partial charge on any atom is 0.407 e. The van der Waals surface area contributed by atoms with Gasteiger partial charge in [-0.05, 0) is 30.0 Å². The van der Waals surface area contributed by atoms with Gasteiger partial charge in [0.2, 0.25) is 0 Å². The molecule has 32 heavy (non-hydrogen) atoms. The van der Waals surface area contributed by atoms with Gasteiger partial charge in [-0.25, -0.2) is 9.59 Å². The van der Waals surface area contributed by atoms with E-state index in [0.29, 0.717) is 17.0 Å². The second-order valence-electron chi connectivity index (χ2n) is 7.36. The third-order valence-electron chi connectivity index (χ3n) is 5.01. The number of hydroxylamine groups is 2. The number of alkyl carbamates (subject to hydrolysis) is 1. The number of nitrogens with zero attached hydrogens (tertiary/aromatic N) is 2. The summed E-state index contributed by atoms with van der Waals surface area (Å²) in [5, 5.41) is 23.3. The van der Waals surface area contributed by atoms with Crippen LogP contribution in [-0.4, -0.2) is 51.6 Å². The van der Waals surface area contributed by atoms with Gasteiger partial charge in [0.25, 0.3) is 17.5 Å². The summed E-state index contributed by atoms with van der Waals surface area (Å²) in [6.07, 6.45) is 1.22. The van der Waals surface area contributed by atoms with Crippen LogP contribution in [0.15, 0.2) is 36.4 Å². The van der Waals surface area contributed by atoms with E-state index < -0.39 is 40.8 Å². The highest BCUT2D eigenvalue weighted by atomic mass is 16.7. The number of aliphatic hydroxyl groups excluding tert-OH is 1. The van der Waals surface area contributed by atoms with Gasteiger partial charge < -0.3 is 20.0 Å². The minimum Gasteiger partial charge on any atom is -0.445 e. The predicted octanol–water partition coefficient (Wildman–Crippen LogP) is 0.981. The van der Waals surface area contributed by atoms with Crippen LogP contribution in [0.3, 0.4) is 0 Å². The lowest BCUT2D eigenvalue weighted by Crippen LogP contribution is -2.43. The number of non-ortho nitro benzene ring substituents is 1. The van der Waals surface area contributed by atoms with E-state index in [2.05, 4.69) is 5.32 Å². The van der Waals surface area contributed by atoms with E-state index in [0.717, 1.165) is 0 Å². The molecular formula is C20H21N3O9. The number of rotatable bonds is 8. The highest BCUT2D eigenvalue weighted by Gasteiger charge is 2.40. The van der Waals surface area contributed by atoms with Crippen molar-refractivity contribution in [2.24, 2.45) is 11.8 Å². The fourth-order valence-corrected chi connectivity index (χ4v) is 3.28. The molecule has 1 aromatic rings. The number of hydrogen-bond acceptors (Lipinski definition) is 9. The van der Waals surface area contributed by atoms with E-state index in [-0.39, 0.29) is 37.6 Å². The Labute approximate surface area is 181 Å². The van der Waals surface area contributed by atoms with Gasteiger partial charge >= 0.3 is 12.1 Å². The molecule has 1 aromatic carbocycles. The maximum atomic E-state index is 12.3. The monoisotopic (exact) mass is 447 g/mol. The van der Waals surface area contributed by atoms with E-state index >= 15 is 0 Å². The molecule has 0 saturated carbocycles. The largest absolute Gasteiger partial charge is 0.445 e. The number of aliphatic hydroxyl groups is 1. The average molecular weight is 447 g/mol. The molecule has 1 fully saturated rings. The van der Waals surface area contributed by atoms with Gasteiger partial charge in [-0.15, -0.1) is 5.06 Å². The molecule has 2 aliphatic rings. The van der Waals surface area contributed by atoms with Crippen molar-refractivity contribution in [2.75, 3.05) is 6.54 Å². The minimum absolute atomic E-state index is 0.0320. The average Bonchev–Trinajstić information content (AvgIpc) is 3.19. The van der Waals surface area contributed by atoms with E-state index in [4.69, 9.17) is 9.57 Å². The molecule has 3 amide bonds. The van der Waals surface area contributed by atoms with Crippen LogP contribution in [-0.2, 0) is 30.6 Å². The van der Waals surface area contributed by atoms with Gasteiger partial charge in [-0.1, -0.05) is 12.2 Å². The lowest BCUT2D eigenvalue weighted by molar-refractivity contribution is -0.384. The fraction of sp³-hybridized carbons (Fsp3) is 0.400. The number of amides is 3. The van der Waals surface area contributed by atoms with Crippen molar-refractivity contribution in [3.05, 3.63) is 52.1 Å². The van der Waals surface area contributed by atoms with Crippen molar-refractivity contribution in [1.29, 1.82) is 0 Å². The van der Waals surface area contributed by atoms with Crippen molar-refractivity contribution < 1.29 is 38.8 Å². The summed E-state index contributed by atoms with van der Waals surface area (Å²) in [5.74, 6) is -3.11. The zero-order valence-electron chi connectivity index (χ0n) is 16.8. The van der Waals surface area contributed by atoms with Crippen molar-refractivity contribution in [1.82, 2.24) is 10.4 Å². The van der Waals surface area contributed by atoms with Crippen LogP contribution in [0.4, 0.5) is 10.5 Å². The third-order valence-corrected chi connectivity index (χ3v) is 5.01. The van der Waals surface area contributed by atoms with Crippen molar-refractivity contribution >= 4 is 29.6 Å². The Morgan fingerprint density at radius 2 is 1.97 bits per heavy atom. The number of nitrogens with one attached hydrogen (secondary N) is 1. The van der Waals surface area contributed by atoms with E-state index in [1.165, 1.54) is 24.3 Å². The Balaban J connectivity index is 1.38. The van der Waals surface area contributed by atoms with Gasteiger partial charge in [0.1, 0.15) is 6.61 Å². The van der Waals surface area contributed by atoms with Crippen LogP contribution in [0.5, 0.6) is 0 Å². The van der Waals surface area contributed by atoms with Crippen LogP contribution in [0.25, 0.3) is 0 Å². The van der Waals surface area contributed by atoms with Gasteiger partial charge in [-0.2, -0.15) is 0 Å². The molecule has 1 aliphatic carbocycles. The number of fused-ring (bicyclic) bond motifs is 2. The normalized spacial score (nSPS) is 20.5. The maximum absolute atomic E-state index is 12.3. The van der Waals surface area contributed by atoms with Crippen LogP contribution < -0.4 is 5.32 Å². The second kappa shape index (κ2) is 10.0. The van der Waals surface area contributed by atoms with E-state index in [1.54, 1.807) is 12.2 Å². The highest BCUT2D eigenvalue weighted by Crippen LogP contribution is 2.32. The number of ether oxygens (including phenoxy) is 1. The number of nitro groups is 1. The van der Waals surface area contributed by atoms with E-state index in [9.17, 15) is 34.4 Å². The number of hydrogen-bond donors (Lipinski definition) is 2. The summed E-state index contributed by atoms with van der Waals surface area (Å²) in [4.78, 5) is 63.1. The molecule has 0 aromatic heterocycles. The summed E-state index contributed by atoms with van der Waals surface area (Å²) >= 11 is 0. The van der Waals surface area contributed by atoms with Crippen molar-refractivity contribution in [2.45, 2.75) is 32.0 Å². The SMILES string of the molecule is O=C(NCC[C@H](O)C(=O)ON1C(=O)C[C@@H]2C=C[C@H](C2)C1=O)OCc1ccc([N+](=O)[O-])cc1. The third kappa shape index (κ3) is 5.66. The molecule has 0 unspecified atom stereocenters. The zero-order chi connectivity index (χ0) is 23.3. The molecule has 170 valence electrons. The minimum atomic E-state index is -1.68. The molecule has 1 saturated heterocycles. The smallest absolute Gasteiger partial charge is 0.407 e. The summed E-state index contributed by atoms with van der Waals surface area (Å²) in [5.41, 5.74) is 0.441. The van der Waals surface area contributed by atoms with Gasteiger partial charge in [0.05, 0.1) is 10.8 Å². The first-order valence-corrected chi connectivity index (χ1v) is 9.83. The molecule has 2 N–H and O–H groups in total. The summed E-state index contributed by atoms with van der Waals surface area (Å²) in [6, 6.07) is 5.44. The van der Waals surface area contributed by atoms with Crippen LogP contribution >= 0.6 is 0 Å².